The van der Waals surface area contributed by atoms with E-state index in [9.17, 15) is 9.18 Å². The zero-order valence-corrected chi connectivity index (χ0v) is 15.2. The third-order valence-electron chi connectivity index (χ3n) is 4.72. The molecule has 1 aromatic rings. The quantitative estimate of drug-likeness (QED) is 0.893. The van der Waals surface area contributed by atoms with Crippen LogP contribution in [0.4, 0.5) is 15.0 Å². The average Bonchev–Trinajstić information content (AvgIpc) is 2.68. The largest absolute Gasteiger partial charge is 0.500 e. The van der Waals surface area contributed by atoms with Crippen molar-refractivity contribution in [1.82, 2.24) is 19.8 Å². The molecule has 0 saturated carbocycles. The van der Waals surface area contributed by atoms with Crippen LogP contribution in [-0.2, 0) is 4.74 Å². The van der Waals surface area contributed by atoms with Gasteiger partial charge < -0.3 is 14.5 Å². The Bertz CT molecular complexity index is 726. The number of nitrogens with zero attached hydrogens (tertiary/aromatic N) is 4. The minimum Gasteiger partial charge on any atom is -0.500 e. The Morgan fingerprint density at radius 1 is 1.27 bits per heavy atom. The number of nitrogens with one attached hydrogen (secondary N) is 1. The molecule has 0 spiro atoms. The lowest BCUT2D eigenvalue weighted by Gasteiger charge is -2.33. The van der Waals surface area contributed by atoms with Crippen LogP contribution in [-0.4, -0.2) is 65.6 Å². The maximum atomic E-state index is 13.7. The first-order valence-corrected chi connectivity index (χ1v) is 8.84. The highest BCUT2D eigenvalue weighted by atomic mass is 19.1. The summed E-state index contributed by atoms with van der Waals surface area (Å²) in [6, 6.07) is 1.46. The first-order valence-electron chi connectivity index (χ1n) is 8.84. The summed E-state index contributed by atoms with van der Waals surface area (Å²) in [5, 5.41) is 2.81. The number of piperazine rings is 1. The fourth-order valence-electron chi connectivity index (χ4n) is 3.13. The summed E-state index contributed by atoms with van der Waals surface area (Å²) in [4.78, 5) is 24.8. The lowest BCUT2D eigenvalue weighted by molar-refractivity contribution is 0.151. The Labute approximate surface area is 152 Å². The van der Waals surface area contributed by atoms with Gasteiger partial charge in [-0.15, -0.1) is 0 Å². The summed E-state index contributed by atoms with van der Waals surface area (Å²) in [7, 11) is 1.56. The molecule has 1 aliphatic heterocycles. The topological polar surface area (TPSA) is 70.6 Å². The molecule has 0 bridgehead atoms. The zero-order valence-electron chi connectivity index (χ0n) is 15.2. The molecule has 2 heterocycles. The highest BCUT2D eigenvalue weighted by Gasteiger charge is 2.21. The van der Waals surface area contributed by atoms with Gasteiger partial charge in [-0.2, -0.15) is 0 Å². The minimum absolute atomic E-state index is 0.184. The molecule has 2 aliphatic rings. The van der Waals surface area contributed by atoms with Gasteiger partial charge in [0, 0.05) is 50.7 Å². The molecule has 0 atom stereocenters. The van der Waals surface area contributed by atoms with Crippen molar-refractivity contribution in [2.24, 2.45) is 0 Å². The van der Waals surface area contributed by atoms with Crippen molar-refractivity contribution in [2.75, 3.05) is 45.2 Å². The number of methoxy groups -OCH3 is 1. The predicted molar refractivity (Wildman–Crippen MR) is 97.1 cm³/mol. The van der Waals surface area contributed by atoms with Crippen LogP contribution in [0.15, 0.2) is 30.1 Å². The zero-order chi connectivity index (χ0) is 18.5. The molecule has 1 aliphatic carbocycles. The van der Waals surface area contributed by atoms with E-state index >= 15 is 0 Å². The van der Waals surface area contributed by atoms with Crippen LogP contribution in [0.3, 0.4) is 0 Å². The molecule has 1 N–H and O–H groups in total. The third kappa shape index (κ3) is 4.19. The number of amides is 2. The second-order valence-corrected chi connectivity index (χ2v) is 6.27. The Balaban J connectivity index is 1.72. The number of halogens is 1. The molecule has 8 heteroatoms. The molecule has 26 heavy (non-hydrogen) atoms. The Kier molecular flexibility index (Phi) is 5.82. The molecule has 0 radical (unpaired) electrons. The van der Waals surface area contributed by atoms with Crippen molar-refractivity contribution >= 4 is 17.4 Å². The summed E-state index contributed by atoms with van der Waals surface area (Å²) >= 11 is 0. The minimum atomic E-state index is -0.209. The van der Waals surface area contributed by atoms with Gasteiger partial charge in [0.05, 0.1) is 12.8 Å². The Morgan fingerprint density at radius 3 is 2.73 bits per heavy atom. The van der Waals surface area contributed by atoms with Crippen molar-refractivity contribution < 1.29 is 13.9 Å². The number of allylic oxidation sites excluding steroid dienone is 4. The van der Waals surface area contributed by atoms with Crippen LogP contribution >= 0.6 is 0 Å². The van der Waals surface area contributed by atoms with E-state index in [2.05, 4.69) is 27.1 Å². The third-order valence-corrected chi connectivity index (χ3v) is 4.72. The first kappa shape index (κ1) is 18.3. The number of urea groups is 1. The number of hydrogen-bond acceptors (Lipinski definition) is 5. The van der Waals surface area contributed by atoms with Crippen molar-refractivity contribution in [2.45, 2.75) is 19.8 Å². The first-order chi connectivity index (χ1) is 12.6. The Hall–Kier alpha value is -2.48. The lowest BCUT2D eigenvalue weighted by atomic mass is 10.0. The summed E-state index contributed by atoms with van der Waals surface area (Å²) < 4.78 is 19.0. The van der Waals surface area contributed by atoms with Crippen LogP contribution in [0.1, 0.15) is 25.5 Å². The summed E-state index contributed by atoms with van der Waals surface area (Å²) in [6.45, 7) is 6.21. The van der Waals surface area contributed by atoms with Crippen molar-refractivity contribution in [3.63, 3.8) is 0 Å². The van der Waals surface area contributed by atoms with Gasteiger partial charge in [-0.1, -0.05) is 6.92 Å². The van der Waals surface area contributed by atoms with Crippen molar-refractivity contribution in [1.29, 1.82) is 0 Å². The number of anilines is 1. The molecule has 0 aromatic carbocycles. The number of carbonyl (C=O) groups excluding carboxylic acids is 1. The van der Waals surface area contributed by atoms with Crippen molar-refractivity contribution in [3.05, 3.63) is 35.7 Å². The average molecular weight is 361 g/mol. The second-order valence-electron chi connectivity index (χ2n) is 6.27. The van der Waals surface area contributed by atoms with E-state index in [4.69, 9.17) is 4.74 Å². The standard InChI is InChI=1S/C18H24FN5O2/c1-3-23-6-8-24(9-7-23)18(25)22-17-11-15(20-12-21-17)14-10-13(19)4-5-16(14)26-2/h10-12H,3-9H2,1-2H3,(H,20,21,22,25). The van der Waals surface area contributed by atoms with Crippen LogP contribution in [0, 0.1) is 0 Å². The predicted octanol–water partition coefficient (Wildman–Crippen LogP) is 2.65. The van der Waals surface area contributed by atoms with E-state index in [0.717, 1.165) is 19.6 Å². The number of hydrogen-bond donors (Lipinski definition) is 1. The van der Waals surface area contributed by atoms with Gasteiger partial charge in [-0.3, -0.25) is 5.32 Å². The SMILES string of the molecule is CCN1CCN(C(=O)Nc2cc(C3=C(OC)CCC(F)=C3)ncn2)CC1. The van der Waals surface area contributed by atoms with Crippen LogP contribution < -0.4 is 5.32 Å². The maximum absolute atomic E-state index is 13.7. The molecule has 1 fully saturated rings. The fraction of sp³-hybridized carbons (Fsp3) is 0.500. The molecule has 140 valence electrons. The van der Waals surface area contributed by atoms with E-state index in [1.807, 2.05) is 0 Å². The van der Waals surface area contributed by atoms with Gasteiger partial charge in [0.2, 0.25) is 0 Å². The van der Waals surface area contributed by atoms with E-state index in [1.54, 1.807) is 18.1 Å². The maximum Gasteiger partial charge on any atom is 0.323 e. The number of carbonyl (C=O) groups is 1. The summed E-state index contributed by atoms with van der Waals surface area (Å²) in [5.74, 6) is 0.858. The van der Waals surface area contributed by atoms with E-state index < -0.39 is 0 Å². The van der Waals surface area contributed by atoms with Gasteiger partial charge in [-0.05, 0) is 12.6 Å². The van der Waals surface area contributed by atoms with Crippen LogP contribution in [0.2, 0.25) is 0 Å². The van der Waals surface area contributed by atoms with E-state index in [0.29, 0.717) is 48.8 Å². The fourth-order valence-corrected chi connectivity index (χ4v) is 3.13. The van der Waals surface area contributed by atoms with Gasteiger partial charge in [-0.25, -0.2) is 19.2 Å². The molecule has 1 saturated heterocycles. The van der Waals surface area contributed by atoms with Crippen molar-refractivity contribution in [3.8, 4) is 0 Å². The second kappa shape index (κ2) is 8.27. The smallest absolute Gasteiger partial charge is 0.323 e. The van der Waals surface area contributed by atoms with E-state index in [1.165, 1.54) is 12.4 Å². The Morgan fingerprint density at radius 2 is 2.04 bits per heavy atom. The molecule has 0 unspecified atom stereocenters. The summed E-state index contributed by atoms with van der Waals surface area (Å²) in [6.07, 6.45) is 3.60. The number of ether oxygens (including phenoxy) is 1. The highest BCUT2D eigenvalue weighted by molar-refractivity contribution is 5.89. The number of rotatable bonds is 4. The van der Waals surface area contributed by atoms with Crippen LogP contribution in [0.25, 0.3) is 5.57 Å². The van der Waals surface area contributed by atoms with E-state index in [-0.39, 0.29) is 11.9 Å². The molecule has 2 amide bonds. The number of aromatic nitrogens is 2. The van der Waals surface area contributed by atoms with Gasteiger partial charge in [0.1, 0.15) is 23.7 Å². The molecular formula is C18H24FN5O2. The van der Waals surface area contributed by atoms with Crippen LogP contribution in [0.5, 0.6) is 0 Å². The number of likely N-dealkylation sites (N-methyl/N-ethyl adjacent to an activating group) is 1. The molecule has 1 aromatic heterocycles. The molecule has 7 nitrogen and oxygen atoms in total. The molecule has 3 rings (SSSR count). The lowest BCUT2D eigenvalue weighted by Crippen LogP contribution is -2.49. The van der Waals surface area contributed by atoms with Gasteiger partial charge in [0.25, 0.3) is 0 Å². The van der Waals surface area contributed by atoms with Gasteiger partial charge >= 0.3 is 6.03 Å². The summed E-state index contributed by atoms with van der Waals surface area (Å²) in [5.41, 5.74) is 1.11. The monoisotopic (exact) mass is 361 g/mol. The molecular weight excluding hydrogens is 337 g/mol. The normalized spacial score (nSPS) is 18.6. The van der Waals surface area contributed by atoms with Gasteiger partial charge in [0.15, 0.2) is 0 Å². The highest BCUT2D eigenvalue weighted by Crippen LogP contribution is 2.31.